The number of nitrogens with one attached hydrogen (secondary N) is 2. The van der Waals surface area contributed by atoms with Gasteiger partial charge in [-0.25, -0.2) is 4.68 Å². The summed E-state index contributed by atoms with van der Waals surface area (Å²) in [4.78, 5) is 25.0. The van der Waals surface area contributed by atoms with Crippen LogP contribution in [0.3, 0.4) is 0 Å². The molecule has 0 spiro atoms. The largest absolute Gasteiger partial charge is 0.497 e. The Hall–Kier alpha value is -3.09. The highest BCUT2D eigenvalue weighted by Gasteiger charge is 2.26. The van der Waals surface area contributed by atoms with Gasteiger partial charge in [-0.05, 0) is 51.5 Å². The number of nitrogens with zero attached hydrogens (tertiary/aromatic N) is 2. The average molecular weight is 427 g/mol. The third kappa shape index (κ3) is 6.70. The predicted molar refractivity (Wildman–Crippen MR) is 124 cm³/mol. The summed E-state index contributed by atoms with van der Waals surface area (Å²) in [6, 6.07) is 8.50. The van der Waals surface area contributed by atoms with Crippen LogP contribution >= 0.6 is 0 Å². The molecule has 7 heteroatoms. The summed E-state index contributed by atoms with van der Waals surface area (Å²) in [6.07, 6.45) is 3.09. The van der Waals surface area contributed by atoms with Crippen LogP contribution in [0.5, 0.6) is 5.75 Å². The molecule has 2 N–H and O–H groups in total. The number of carbonyl (C=O) groups is 2. The highest BCUT2D eigenvalue weighted by Crippen LogP contribution is 2.28. The van der Waals surface area contributed by atoms with Gasteiger partial charge in [0.25, 0.3) is 0 Å². The van der Waals surface area contributed by atoms with Gasteiger partial charge in [0.2, 0.25) is 11.8 Å². The lowest BCUT2D eigenvalue weighted by atomic mass is 9.92. The van der Waals surface area contributed by atoms with E-state index < -0.39 is 6.04 Å². The van der Waals surface area contributed by atoms with Gasteiger partial charge in [0.05, 0.1) is 18.3 Å². The fraction of sp³-hybridized carbons (Fsp3) is 0.458. The first-order chi connectivity index (χ1) is 14.3. The molecule has 0 bridgehead atoms. The summed E-state index contributed by atoms with van der Waals surface area (Å²) >= 11 is 0. The number of carbonyl (C=O) groups excluding carboxylic acids is 2. The number of ether oxygens (including phenoxy) is 1. The van der Waals surface area contributed by atoms with Crippen LogP contribution in [0, 0.1) is 0 Å². The molecule has 0 aliphatic heterocycles. The lowest BCUT2D eigenvalue weighted by Gasteiger charge is -2.23. The fourth-order valence-electron chi connectivity index (χ4n) is 2.80. The van der Waals surface area contributed by atoms with Gasteiger partial charge in [-0.1, -0.05) is 32.9 Å². The van der Waals surface area contributed by atoms with Crippen molar-refractivity contribution in [2.75, 3.05) is 12.4 Å². The van der Waals surface area contributed by atoms with Crippen LogP contribution in [0.4, 0.5) is 5.82 Å². The van der Waals surface area contributed by atoms with E-state index in [0.717, 1.165) is 17.0 Å². The number of aromatic nitrogens is 2. The molecule has 2 aromatic rings. The number of hydrogen-bond donors (Lipinski definition) is 2. The second-order valence-corrected chi connectivity index (χ2v) is 9.57. The van der Waals surface area contributed by atoms with Crippen LogP contribution in [0.15, 0.2) is 36.4 Å². The minimum Gasteiger partial charge on any atom is -0.497 e. The third-order valence-electron chi connectivity index (χ3n) is 4.66. The summed E-state index contributed by atoms with van der Waals surface area (Å²) in [6.45, 7) is 14.0. The molecule has 2 amide bonds. The Labute approximate surface area is 184 Å². The first kappa shape index (κ1) is 24.2. The van der Waals surface area contributed by atoms with Crippen LogP contribution in [0.25, 0.3) is 6.08 Å². The van der Waals surface area contributed by atoms with Crippen molar-refractivity contribution in [1.82, 2.24) is 15.1 Å². The Morgan fingerprint density at radius 2 is 1.71 bits per heavy atom. The topological polar surface area (TPSA) is 85.2 Å². The summed E-state index contributed by atoms with van der Waals surface area (Å²) in [5.41, 5.74) is 1.29. The van der Waals surface area contributed by atoms with Gasteiger partial charge in [-0.3, -0.25) is 9.59 Å². The predicted octanol–water partition coefficient (Wildman–Crippen LogP) is 4.10. The third-order valence-corrected chi connectivity index (χ3v) is 4.66. The molecule has 0 fully saturated rings. The Morgan fingerprint density at radius 1 is 1.10 bits per heavy atom. The minimum absolute atomic E-state index is 0.151. The second kappa shape index (κ2) is 9.37. The van der Waals surface area contributed by atoms with Gasteiger partial charge in [-0.2, -0.15) is 5.10 Å². The normalized spacial score (nSPS) is 13.2. The zero-order chi connectivity index (χ0) is 23.4. The Bertz CT molecular complexity index is 945. The van der Waals surface area contributed by atoms with Crippen molar-refractivity contribution in [3.63, 3.8) is 0 Å². The van der Waals surface area contributed by atoms with Crippen LogP contribution in [-0.2, 0) is 20.5 Å². The number of anilines is 1. The standard InChI is InChI=1S/C24H34N4O3/c1-16(25-21(29)14-11-17-9-12-18(31-8)13-10-17)22(30)26-20-15-19(23(2,3)4)27-28(20)24(5,6)7/h9-16H,1-8H3,(H,25,29)(H,26,30)/b14-11+. The van der Waals surface area contributed by atoms with E-state index in [4.69, 9.17) is 9.84 Å². The van der Waals surface area contributed by atoms with Crippen molar-refractivity contribution in [3.05, 3.63) is 47.7 Å². The summed E-state index contributed by atoms with van der Waals surface area (Å²) in [5, 5.41) is 10.3. The fourth-order valence-corrected chi connectivity index (χ4v) is 2.80. The van der Waals surface area contributed by atoms with Crippen molar-refractivity contribution >= 4 is 23.7 Å². The van der Waals surface area contributed by atoms with Crippen LogP contribution < -0.4 is 15.4 Å². The van der Waals surface area contributed by atoms with Gasteiger partial charge in [0.1, 0.15) is 17.6 Å². The second-order valence-electron chi connectivity index (χ2n) is 9.57. The van der Waals surface area contributed by atoms with Crippen LogP contribution in [0.1, 0.15) is 59.7 Å². The van der Waals surface area contributed by atoms with Gasteiger partial charge >= 0.3 is 0 Å². The number of rotatable bonds is 6. The lowest BCUT2D eigenvalue weighted by molar-refractivity contribution is -0.123. The Balaban J connectivity index is 2.05. The minimum atomic E-state index is -0.713. The first-order valence-electron chi connectivity index (χ1n) is 10.4. The molecule has 0 aliphatic carbocycles. The maximum Gasteiger partial charge on any atom is 0.247 e. The van der Waals surface area contributed by atoms with Crippen molar-refractivity contribution in [1.29, 1.82) is 0 Å². The molecule has 1 heterocycles. The van der Waals surface area contributed by atoms with Crippen molar-refractivity contribution in [2.24, 2.45) is 0 Å². The van der Waals surface area contributed by atoms with E-state index in [-0.39, 0.29) is 22.8 Å². The molecule has 1 aromatic heterocycles. The monoisotopic (exact) mass is 426 g/mol. The van der Waals surface area contributed by atoms with Crippen LogP contribution in [0.2, 0.25) is 0 Å². The molecule has 1 unspecified atom stereocenters. The van der Waals surface area contributed by atoms with E-state index in [9.17, 15) is 9.59 Å². The lowest BCUT2D eigenvalue weighted by Crippen LogP contribution is -2.41. The van der Waals surface area contributed by atoms with E-state index in [1.165, 1.54) is 6.08 Å². The number of hydrogen-bond acceptors (Lipinski definition) is 4. The average Bonchev–Trinajstić information content (AvgIpc) is 3.11. The first-order valence-corrected chi connectivity index (χ1v) is 10.4. The molecule has 0 saturated carbocycles. The van der Waals surface area contributed by atoms with Gasteiger partial charge < -0.3 is 15.4 Å². The maximum absolute atomic E-state index is 12.7. The molecule has 0 radical (unpaired) electrons. The highest BCUT2D eigenvalue weighted by atomic mass is 16.5. The highest BCUT2D eigenvalue weighted by molar-refractivity contribution is 5.99. The van der Waals surface area contributed by atoms with E-state index >= 15 is 0 Å². The van der Waals surface area contributed by atoms with Gasteiger partial charge in [-0.15, -0.1) is 0 Å². The summed E-state index contributed by atoms with van der Waals surface area (Å²) in [7, 11) is 1.60. The zero-order valence-electron chi connectivity index (χ0n) is 19.7. The van der Waals surface area contributed by atoms with E-state index in [0.29, 0.717) is 5.82 Å². The number of benzene rings is 1. The number of amides is 2. The van der Waals surface area contributed by atoms with Crippen molar-refractivity contribution < 1.29 is 14.3 Å². The molecular formula is C24H34N4O3. The summed E-state index contributed by atoms with van der Waals surface area (Å²) < 4.78 is 6.93. The van der Waals surface area contributed by atoms with E-state index in [2.05, 4.69) is 31.4 Å². The van der Waals surface area contributed by atoms with Crippen LogP contribution in [-0.4, -0.2) is 34.7 Å². The van der Waals surface area contributed by atoms with Crippen molar-refractivity contribution in [2.45, 2.75) is 65.5 Å². The molecule has 0 saturated heterocycles. The molecule has 31 heavy (non-hydrogen) atoms. The van der Waals surface area contributed by atoms with Crippen molar-refractivity contribution in [3.8, 4) is 5.75 Å². The zero-order valence-corrected chi connectivity index (χ0v) is 19.7. The molecule has 0 aliphatic rings. The molecule has 1 atom stereocenters. The smallest absolute Gasteiger partial charge is 0.247 e. The molecule has 2 rings (SSSR count). The van der Waals surface area contributed by atoms with Gasteiger partial charge in [0.15, 0.2) is 0 Å². The molecule has 168 valence electrons. The molecular weight excluding hydrogens is 392 g/mol. The summed E-state index contributed by atoms with van der Waals surface area (Å²) in [5.74, 6) is 0.698. The quantitative estimate of drug-likeness (QED) is 0.681. The molecule has 7 nitrogen and oxygen atoms in total. The maximum atomic E-state index is 12.7. The SMILES string of the molecule is COc1ccc(/C=C/C(=O)NC(C)C(=O)Nc2cc(C(C)(C)C)nn2C(C)(C)C)cc1. The molecule has 1 aromatic carbocycles. The Kier molecular flexibility index (Phi) is 7.31. The number of methoxy groups -OCH3 is 1. The van der Waals surface area contributed by atoms with E-state index in [1.807, 2.05) is 55.8 Å². The van der Waals surface area contributed by atoms with Gasteiger partial charge in [0, 0.05) is 17.6 Å². The Morgan fingerprint density at radius 3 is 2.23 bits per heavy atom. The van der Waals surface area contributed by atoms with E-state index in [1.54, 1.807) is 20.1 Å².